The zero-order valence-corrected chi connectivity index (χ0v) is 12.0. The Kier molecular flexibility index (Phi) is 4.88. The van der Waals surface area contributed by atoms with E-state index in [1.54, 1.807) is 7.11 Å². The van der Waals surface area contributed by atoms with Crippen molar-refractivity contribution in [3.63, 3.8) is 0 Å². The predicted molar refractivity (Wildman–Crippen MR) is 77.9 cm³/mol. The Morgan fingerprint density at radius 3 is 2.43 bits per heavy atom. The Hall–Kier alpha value is -1.98. The molecule has 0 aliphatic rings. The van der Waals surface area contributed by atoms with E-state index in [1.165, 1.54) is 18.2 Å². The predicted octanol–water partition coefficient (Wildman–Crippen LogP) is 3.03. The lowest BCUT2D eigenvalue weighted by molar-refractivity contribution is 0.397. The van der Waals surface area contributed by atoms with Gasteiger partial charge in [0, 0.05) is 11.1 Å². The van der Waals surface area contributed by atoms with Gasteiger partial charge in [0.15, 0.2) is 0 Å². The van der Waals surface area contributed by atoms with Gasteiger partial charge >= 0.3 is 0 Å². The number of benzene rings is 2. The number of nitrogens with two attached hydrogens (primary N) is 1. The largest absolute Gasteiger partial charge is 0.496 e. The van der Waals surface area contributed by atoms with Gasteiger partial charge in [-0.05, 0) is 37.1 Å². The van der Waals surface area contributed by atoms with E-state index in [0.29, 0.717) is 5.75 Å². The van der Waals surface area contributed by atoms with Crippen LogP contribution in [0.5, 0.6) is 5.75 Å². The lowest BCUT2D eigenvalue weighted by atomic mass is 9.97. The molecule has 0 radical (unpaired) electrons. The third-order valence-corrected chi connectivity index (χ3v) is 3.44. The number of nitrogens with one attached hydrogen (secondary N) is 1. The van der Waals surface area contributed by atoms with E-state index in [0.717, 1.165) is 11.1 Å². The second kappa shape index (κ2) is 6.65. The van der Waals surface area contributed by atoms with E-state index in [-0.39, 0.29) is 12.0 Å². The fourth-order valence-corrected chi connectivity index (χ4v) is 2.30. The van der Waals surface area contributed by atoms with Gasteiger partial charge in [-0.3, -0.25) is 11.3 Å². The molecule has 3 nitrogen and oxygen atoms in total. The second-order valence-electron chi connectivity index (χ2n) is 4.87. The van der Waals surface area contributed by atoms with Gasteiger partial charge in [0.25, 0.3) is 0 Å². The van der Waals surface area contributed by atoms with Crippen LogP contribution in [0.25, 0.3) is 0 Å². The molecular weight excluding hydrogens is 274 g/mol. The molecule has 2 rings (SSSR count). The molecule has 0 heterocycles. The van der Waals surface area contributed by atoms with Crippen molar-refractivity contribution in [1.29, 1.82) is 0 Å². The van der Waals surface area contributed by atoms with Crippen molar-refractivity contribution in [2.75, 3.05) is 7.11 Å². The number of rotatable bonds is 5. The maximum absolute atomic E-state index is 13.8. The van der Waals surface area contributed by atoms with Crippen molar-refractivity contribution in [3.05, 3.63) is 64.7 Å². The number of halogens is 2. The summed E-state index contributed by atoms with van der Waals surface area (Å²) >= 11 is 0. The molecule has 0 aliphatic heterocycles. The SMILES string of the molecule is COc1cc(C)ccc1C(Cc1c(F)cccc1F)NN. The molecule has 1 unspecified atom stereocenters. The Balaban J connectivity index is 2.37. The van der Waals surface area contributed by atoms with Crippen molar-refractivity contribution in [3.8, 4) is 5.75 Å². The van der Waals surface area contributed by atoms with E-state index in [2.05, 4.69) is 5.43 Å². The summed E-state index contributed by atoms with van der Waals surface area (Å²) in [5.74, 6) is 5.03. The molecule has 1 atom stereocenters. The lowest BCUT2D eigenvalue weighted by Crippen LogP contribution is -2.30. The number of hydrogen-bond acceptors (Lipinski definition) is 3. The highest BCUT2D eigenvalue weighted by Gasteiger charge is 2.19. The molecular formula is C16H18F2N2O. The first-order valence-corrected chi connectivity index (χ1v) is 6.60. The van der Waals surface area contributed by atoms with Crippen LogP contribution in [0.15, 0.2) is 36.4 Å². The summed E-state index contributed by atoms with van der Waals surface area (Å²) in [4.78, 5) is 0. The van der Waals surface area contributed by atoms with Gasteiger partial charge < -0.3 is 4.74 Å². The molecule has 21 heavy (non-hydrogen) atoms. The van der Waals surface area contributed by atoms with Crippen LogP contribution in [0.4, 0.5) is 8.78 Å². The molecule has 112 valence electrons. The van der Waals surface area contributed by atoms with Gasteiger partial charge in [-0.2, -0.15) is 0 Å². The molecule has 5 heteroatoms. The summed E-state index contributed by atoms with van der Waals surface area (Å²) in [5.41, 5.74) is 4.39. The lowest BCUT2D eigenvalue weighted by Gasteiger charge is -2.20. The summed E-state index contributed by atoms with van der Waals surface area (Å²) in [6.07, 6.45) is 0.0917. The molecule has 0 spiro atoms. The van der Waals surface area contributed by atoms with Crippen LogP contribution < -0.4 is 16.0 Å². The van der Waals surface area contributed by atoms with Crippen molar-refractivity contribution >= 4 is 0 Å². The summed E-state index contributed by atoms with van der Waals surface area (Å²) < 4.78 is 32.9. The summed E-state index contributed by atoms with van der Waals surface area (Å²) in [6, 6.07) is 8.96. The molecule has 0 aliphatic carbocycles. The average molecular weight is 292 g/mol. The normalized spacial score (nSPS) is 12.2. The second-order valence-corrected chi connectivity index (χ2v) is 4.87. The molecule has 0 saturated heterocycles. The summed E-state index contributed by atoms with van der Waals surface area (Å²) in [7, 11) is 1.55. The average Bonchev–Trinajstić information content (AvgIpc) is 2.47. The molecule has 0 amide bonds. The van der Waals surface area contributed by atoms with Crippen LogP contribution in [0.3, 0.4) is 0 Å². The molecule has 0 bridgehead atoms. The van der Waals surface area contributed by atoms with Crippen LogP contribution in [0, 0.1) is 18.6 Å². The number of aryl methyl sites for hydroxylation is 1. The van der Waals surface area contributed by atoms with E-state index >= 15 is 0 Å². The minimum atomic E-state index is -0.582. The van der Waals surface area contributed by atoms with Crippen molar-refractivity contribution in [2.24, 2.45) is 5.84 Å². The van der Waals surface area contributed by atoms with Crippen LogP contribution in [-0.2, 0) is 6.42 Å². The number of ether oxygens (including phenoxy) is 1. The van der Waals surface area contributed by atoms with E-state index in [9.17, 15) is 8.78 Å². The highest BCUT2D eigenvalue weighted by atomic mass is 19.1. The highest BCUT2D eigenvalue weighted by Crippen LogP contribution is 2.29. The smallest absolute Gasteiger partial charge is 0.129 e. The zero-order valence-electron chi connectivity index (χ0n) is 12.0. The zero-order chi connectivity index (χ0) is 15.4. The van der Waals surface area contributed by atoms with Crippen LogP contribution in [0.2, 0.25) is 0 Å². The number of hydrogen-bond donors (Lipinski definition) is 2. The number of methoxy groups -OCH3 is 1. The first-order chi connectivity index (χ1) is 10.1. The van der Waals surface area contributed by atoms with Crippen LogP contribution in [-0.4, -0.2) is 7.11 Å². The Labute approximate surface area is 122 Å². The van der Waals surface area contributed by atoms with Crippen molar-refractivity contribution < 1.29 is 13.5 Å². The van der Waals surface area contributed by atoms with E-state index in [1.807, 2.05) is 25.1 Å². The van der Waals surface area contributed by atoms with Crippen molar-refractivity contribution in [1.82, 2.24) is 5.43 Å². The molecule has 3 N–H and O–H groups in total. The van der Waals surface area contributed by atoms with Crippen LogP contribution in [0.1, 0.15) is 22.7 Å². The monoisotopic (exact) mass is 292 g/mol. The fraction of sp³-hybridized carbons (Fsp3) is 0.250. The van der Waals surface area contributed by atoms with Gasteiger partial charge in [-0.15, -0.1) is 0 Å². The molecule has 0 saturated carbocycles. The topological polar surface area (TPSA) is 47.3 Å². The molecule has 0 fully saturated rings. The van der Waals surface area contributed by atoms with Gasteiger partial charge in [-0.25, -0.2) is 8.78 Å². The maximum atomic E-state index is 13.8. The first kappa shape index (κ1) is 15.4. The highest BCUT2D eigenvalue weighted by molar-refractivity contribution is 5.40. The quantitative estimate of drug-likeness (QED) is 0.658. The van der Waals surface area contributed by atoms with Gasteiger partial charge in [-0.1, -0.05) is 18.2 Å². The third-order valence-electron chi connectivity index (χ3n) is 3.44. The number of hydrazine groups is 1. The van der Waals surface area contributed by atoms with Crippen LogP contribution >= 0.6 is 0 Å². The van der Waals surface area contributed by atoms with Gasteiger partial charge in [0.05, 0.1) is 13.2 Å². The van der Waals surface area contributed by atoms with E-state index < -0.39 is 17.7 Å². The minimum Gasteiger partial charge on any atom is -0.496 e. The van der Waals surface area contributed by atoms with Gasteiger partial charge in [0.1, 0.15) is 17.4 Å². The third kappa shape index (κ3) is 3.37. The Morgan fingerprint density at radius 1 is 1.19 bits per heavy atom. The summed E-state index contributed by atoms with van der Waals surface area (Å²) in [6.45, 7) is 1.94. The Bertz CT molecular complexity index is 611. The minimum absolute atomic E-state index is 0.00285. The molecule has 2 aromatic rings. The standard InChI is InChI=1S/C16H18F2N2O/c1-10-6-7-11(16(8-10)21-2)15(20-19)9-12-13(17)4-3-5-14(12)18/h3-8,15,20H,9,19H2,1-2H3. The van der Waals surface area contributed by atoms with E-state index in [4.69, 9.17) is 10.6 Å². The fourth-order valence-electron chi connectivity index (χ4n) is 2.30. The van der Waals surface area contributed by atoms with Gasteiger partial charge in [0.2, 0.25) is 0 Å². The summed E-state index contributed by atoms with van der Waals surface area (Å²) in [5, 5.41) is 0. The van der Waals surface area contributed by atoms with Crippen molar-refractivity contribution in [2.45, 2.75) is 19.4 Å². The molecule has 2 aromatic carbocycles. The molecule has 0 aromatic heterocycles. The maximum Gasteiger partial charge on any atom is 0.129 e. The Morgan fingerprint density at radius 2 is 1.86 bits per heavy atom. The first-order valence-electron chi connectivity index (χ1n) is 6.60.